The van der Waals surface area contributed by atoms with Gasteiger partial charge in [0.2, 0.25) is 5.91 Å². The fourth-order valence-corrected chi connectivity index (χ4v) is 3.89. The van der Waals surface area contributed by atoms with Gasteiger partial charge >= 0.3 is 6.03 Å². The SMILES string of the molecule is C[C@@H]1CNCCN1C(=O)C1CCN(C(=O)N(C)Cc2ccccc2)CC1. The first-order chi connectivity index (χ1) is 12.6. The summed E-state index contributed by atoms with van der Waals surface area (Å²) < 4.78 is 0. The van der Waals surface area contributed by atoms with E-state index >= 15 is 0 Å². The molecule has 3 amide bonds. The highest BCUT2D eigenvalue weighted by Crippen LogP contribution is 2.22. The number of amides is 3. The molecule has 2 aliphatic rings. The van der Waals surface area contributed by atoms with E-state index in [-0.39, 0.29) is 23.9 Å². The van der Waals surface area contributed by atoms with Crippen LogP contribution in [0.5, 0.6) is 0 Å². The maximum absolute atomic E-state index is 12.8. The van der Waals surface area contributed by atoms with Crippen LogP contribution >= 0.6 is 0 Å². The van der Waals surface area contributed by atoms with Crippen LogP contribution in [-0.2, 0) is 11.3 Å². The molecule has 0 bridgehead atoms. The summed E-state index contributed by atoms with van der Waals surface area (Å²) in [5.74, 6) is 0.322. The number of nitrogens with one attached hydrogen (secondary N) is 1. The van der Waals surface area contributed by atoms with Gasteiger partial charge < -0.3 is 20.0 Å². The molecule has 1 aromatic carbocycles. The average Bonchev–Trinajstić information content (AvgIpc) is 2.68. The minimum Gasteiger partial charge on any atom is -0.337 e. The number of hydrogen-bond donors (Lipinski definition) is 1. The zero-order chi connectivity index (χ0) is 18.5. The lowest BCUT2D eigenvalue weighted by atomic mass is 9.94. The molecule has 1 N–H and O–H groups in total. The molecule has 2 fully saturated rings. The van der Waals surface area contributed by atoms with Gasteiger partial charge in [0.1, 0.15) is 0 Å². The van der Waals surface area contributed by atoms with Crippen molar-refractivity contribution >= 4 is 11.9 Å². The van der Waals surface area contributed by atoms with Crippen LogP contribution in [0.25, 0.3) is 0 Å². The lowest BCUT2D eigenvalue weighted by Crippen LogP contribution is -2.55. The number of carbonyl (C=O) groups excluding carboxylic acids is 2. The predicted molar refractivity (Wildman–Crippen MR) is 102 cm³/mol. The first-order valence-electron chi connectivity index (χ1n) is 9.61. The van der Waals surface area contributed by atoms with Gasteiger partial charge in [0.05, 0.1) is 0 Å². The van der Waals surface area contributed by atoms with E-state index in [0.29, 0.717) is 19.6 Å². The van der Waals surface area contributed by atoms with Crippen molar-refractivity contribution in [1.29, 1.82) is 0 Å². The first-order valence-corrected chi connectivity index (χ1v) is 9.61. The molecule has 1 atom stereocenters. The van der Waals surface area contributed by atoms with Gasteiger partial charge in [-0.15, -0.1) is 0 Å². The molecule has 0 spiro atoms. The Morgan fingerprint density at radius 1 is 1.15 bits per heavy atom. The predicted octanol–water partition coefficient (Wildman–Crippen LogP) is 1.77. The number of piperazine rings is 1. The molecule has 0 saturated carbocycles. The Morgan fingerprint density at radius 2 is 1.85 bits per heavy atom. The van der Waals surface area contributed by atoms with E-state index in [9.17, 15) is 9.59 Å². The summed E-state index contributed by atoms with van der Waals surface area (Å²) >= 11 is 0. The normalized spacial score (nSPS) is 21.5. The smallest absolute Gasteiger partial charge is 0.320 e. The van der Waals surface area contributed by atoms with Gasteiger partial charge in [-0.05, 0) is 25.3 Å². The van der Waals surface area contributed by atoms with Crippen molar-refractivity contribution in [2.24, 2.45) is 5.92 Å². The highest BCUT2D eigenvalue weighted by molar-refractivity contribution is 5.80. The Bertz CT molecular complexity index is 613. The third kappa shape index (κ3) is 4.36. The van der Waals surface area contributed by atoms with E-state index in [0.717, 1.165) is 38.0 Å². The van der Waals surface area contributed by atoms with Crippen molar-refractivity contribution < 1.29 is 9.59 Å². The first kappa shape index (κ1) is 18.7. The van der Waals surface area contributed by atoms with Crippen LogP contribution in [0.2, 0.25) is 0 Å². The Balaban J connectivity index is 1.49. The largest absolute Gasteiger partial charge is 0.337 e. The Morgan fingerprint density at radius 3 is 2.50 bits per heavy atom. The quantitative estimate of drug-likeness (QED) is 0.896. The monoisotopic (exact) mass is 358 g/mol. The van der Waals surface area contributed by atoms with E-state index in [1.165, 1.54) is 0 Å². The van der Waals surface area contributed by atoms with Crippen molar-refractivity contribution in [3.8, 4) is 0 Å². The van der Waals surface area contributed by atoms with Crippen LogP contribution in [0.3, 0.4) is 0 Å². The Labute approximate surface area is 156 Å². The highest BCUT2D eigenvalue weighted by atomic mass is 16.2. The zero-order valence-corrected chi connectivity index (χ0v) is 15.9. The lowest BCUT2D eigenvalue weighted by molar-refractivity contribution is -0.139. The maximum atomic E-state index is 12.8. The number of nitrogens with zero attached hydrogens (tertiary/aromatic N) is 3. The fraction of sp³-hybridized carbons (Fsp3) is 0.600. The van der Waals surface area contributed by atoms with Crippen molar-refractivity contribution in [1.82, 2.24) is 20.0 Å². The van der Waals surface area contributed by atoms with Crippen LogP contribution in [0.1, 0.15) is 25.3 Å². The summed E-state index contributed by atoms with van der Waals surface area (Å²) in [4.78, 5) is 31.1. The summed E-state index contributed by atoms with van der Waals surface area (Å²) in [6.07, 6.45) is 1.53. The van der Waals surface area contributed by atoms with Crippen molar-refractivity contribution in [2.45, 2.75) is 32.4 Å². The van der Waals surface area contributed by atoms with E-state index in [4.69, 9.17) is 0 Å². The molecule has 2 aliphatic heterocycles. The lowest BCUT2D eigenvalue weighted by Gasteiger charge is -2.39. The average molecular weight is 358 g/mol. The van der Waals surface area contributed by atoms with E-state index < -0.39 is 0 Å². The van der Waals surface area contributed by atoms with Gasteiger partial charge in [0.25, 0.3) is 0 Å². The minimum absolute atomic E-state index is 0.0512. The topological polar surface area (TPSA) is 55.9 Å². The maximum Gasteiger partial charge on any atom is 0.320 e. The number of hydrogen-bond acceptors (Lipinski definition) is 3. The third-order valence-corrected chi connectivity index (χ3v) is 5.49. The van der Waals surface area contributed by atoms with Crippen LogP contribution in [0.4, 0.5) is 4.79 Å². The molecule has 2 saturated heterocycles. The number of rotatable bonds is 3. The third-order valence-electron chi connectivity index (χ3n) is 5.49. The van der Waals surface area contributed by atoms with Crippen LogP contribution in [-0.4, -0.2) is 72.5 Å². The number of benzene rings is 1. The second kappa shape index (κ2) is 8.54. The molecule has 2 heterocycles. The molecular weight excluding hydrogens is 328 g/mol. The fourth-order valence-electron chi connectivity index (χ4n) is 3.89. The molecule has 142 valence electrons. The van der Waals surface area contributed by atoms with Crippen molar-refractivity contribution in [3.63, 3.8) is 0 Å². The number of piperidine rings is 1. The van der Waals surface area contributed by atoms with Gasteiger partial charge in [-0.1, -0.05) is 30.3 Å². The molecule has 6 nitrogen and oxygen atoms in total. The second-order valence-corrected chi connectivity index (χ2v) is 7.47. The van der Waals surface area contributed by atoms with Crippen LogP contribution in [0, 0.1) is 5.92 Å². The summed E-state index contributed by atoms with van der Waals surface area (Å²) in [7, 11) is 1.84. The molecule has 0 radical (unpaired) electrons. The zero-order valence-electron chi connectivity index (χ0n) is 15.9. The van der Waals surface area contributed by atoms with E-state index in [1.807, 2.05) is 47.2 Å². The van der Waals surface area contributed by atoms with E-state index in [2.05, 4.69) is 12.2 Å². The van der Waals surface area contributed by atoms with Gasteiger partial charge in [0, 0.05) is 58.3 Å². The summed E-state index contributed by atoms with van der Waals surface area (Å²) in [6.45, 7) is 6.56. The summed E-state index contributed by atoms with van der Waals surface area (Å²) in [5.41, 5.74) is 1.13. The molecule has 3 rings (SSSR count). The molecule has 1 aromatic rings. The minimum atomic E-state index is 0.0512. The summed E-state index contributed by atoms with van der Waals surface area (Å²) in [5, 5.41) is 3.32. The highest BCUT2D eigenvalue weighted by Gasteiger charge is 2.33. The van der Waals surface area contributed by atoms with Gasteiger partial charge in [-0.3, -0.25) is 4.79 Å². The second-order valence-electron chi connectivity index (χ2n) is 7.47. The number of carbonyl (C=O) groups is 2. The van der Waals surface area contributed by atoms with E-state index in [1.54, 1.807) is 4.90 Å². The van der Waals surface area contributed by atoms with Crippen molar-refractivity contribution in [2.75, 3.05) is 39.8 Å². The Kier molecular flexibility index (Phi) is 6.14. The standard InChI is InChI=1S/C20H30N4O2/c1-16-14-21-10-13-24(16)19(25)18-8-11-23(12-9-18)20(26)22(2)15-17-6-4-3-5-7-17/h3-7,16,18,21H,8-15H2,1-2H3/t16-/m1/s1. The van der Waals surface area contributed by atoms with Crippen LogP contribution in [0.15, 0.2) is 30.3 Å². The molecule has 6 heteroatoms. The van der Waals surface area contributed by atoms with Crippen LogP contribution < -0.4 is 5.32 Å². The van der Waals surface area contributed by atoms with Crippen molar-refractivity contribution in [3.05, 3.63) is 35.9 Å². The molecule has 0 aromatic heterocycles. The van der Waals surface area contributed by atoms with Gasteiger partial charge in [0.15, 0.2) is 0 Å². The molecular formula is C20H30N4O2. The van der Waals surface area contributed by atoms with Gasteiger partial charge in [-0.25, -0.2) is 4.79 Å². The molecule has 0 aliphatic carbocycles. The molecule has 26 heavy (non-hydrogen) atoms. The van der Waals surface area contributed by atoms with Gasteiger partial charge in [-0.2, -0.15) is 0 Å². The number of urea groups is 1. The molecule has 0 unspecified atom stereocenters. The summed E-state index contributed by atoms with van der Waals surface area (Å²) in [6, 6.07) is 10.3. The Hall–Kier alpha value is -2.08. The number of likely N-dealkylation sites (tertiary alicyclic amines) is 1.